The third-order valence-corrected chi connectivity index (χ3v) is 6.63. The van der Waals surface area contributed by atoms with Crippen LogP contribution in [-0.4, -0.2) is 37.2 Å². The van der Waals surface area contributed by atoms with E-state index in [2.05, 4.69) is 26.9 Å². The zero-order chi connectivity index (χ0) is 22.3. The van der Waals surface area contributed by atoms with E-state index in [1.165, 1.54) is 6.42 Å². The van der Waals surface area contributed by atoms with E-state index in [1.54, 1.807) is 12.1 Å². The van der Waals surface area contributed by atoms with Crippen LogP contribution in [-0.2, 0) is 0 Å². The Balaban J connectivity index is 1.34. The molecule has 1 saturated carbocycles. The third kappa shape index (κ3) is 5.93. The van der Waals surface area contributed by atoms with E-state index < -0.39 is 0 Å². The molecule has 0 radical (unpaired) electrons. The van der Waals surface area contributed by atoms with Crippen molar-refractivity contribution in [1.29, 1.82) is 5.26 Å². The molecule has 6 nitrogen and oxygen atoms in total. The average Bonchev–Trinajstić information content (AvgIpc) is 2.80. The maximum atomic E-state index is 12.6. The molecule has 2 aliphatic rings. The lowest BCUT2D eigenvalue weighted by Gasteiger charge is -2.40. The number of nitrogens with zero attached hydrogens (tertiary/aromatic N) is 2. The fraction of sp³-hybridized carbons (Fsp3) is 0.440. The van der Waals surface area contributed by atoms with Crippen LogP contribution in [0.2, 0.25) is 5.02 Å². The molecule has 32 heavy (non-hydrogen) atoms. The van der Waals surface area contributed by atoms with Gasteiger partial charge in [0.25, 0.3) is 0 Å². The summed E-state index contributed by atoms with van der Waals surface area (Å²) in [7, 11) is 0. The maximum Gasteiger partial charge on any atom is 0.319 e. The minimum absolute atomic E-state index is 0.105. The van der Waals surface area contributed by atoms with Gasteiger partial charge in [0.1, 0.15) is 0 Å². The minimum Gasteiger partial charge on any atom is -0.370 e. The lowest BCUT2D eigenvalue weighted by molar-refractivity contribution is 0.226. The molecule has 3 atom stereocenters. The molecule has 1 heterocycles. The number of amides is 2. The number of hydrogen-bond acceptors (Lipinski definition) is 4. The van der Waals surface area contributed by atoms with Crippen molar-refractivity contribution in [3.63, 3.8) is 0 Å². The molecular formula is C25H30ClN5O. The van der Waals surface area contributed by atoms with E-state index in [0.29, 0.717) is 22.3 Å². The lowest BCUT2D eigenvalue weighted by Crippen LogP contribution is -2.57. The predicted molar refractivity (Wildman–Crippen MR) is 129 cm³/mol. The number of anilines is 2. The Morgan fingerprint density at radius 1 is 1.03 bits per heavy atom. The molecule has 2 aromatic carbocycles. The fourth-order valence-electron chi connectivity index (χ4n) is 4.80. The van der Waals surface area contributed by atoms with Crippen LogP contribution in [0.4, 0.5) is 16.2 Å². The third-order valence-electron chi connectivity index (χ3n) is 6.40. The molecule has 1 aliphatic carbocycles. The standard InChI is InChI=1S/C25H30ClN5O/c26-19-5-3-6-20(15-19)29-25(32)30-24-9-2-1-8-23(24)28-21-7-4-14-31(17-21)22-12-10-18(16-27)11-13-22/h3,5-6,10-13,15,21,23-24,28H,1-2,4,7-9,14,17H2,(H2,29,30,32)/t21-,23+,24+/m0/s1. The Labute approximate surface area is 194 Å². The lowest BCUT2D eigenvalue weighted by atomic mass is 9.89. The van der Waals surface area contributed by atoms with Gasteiger partial charge in [0.15, 0.2) is 0 Å². The second kappa shape index (κ2) is 10.7. The number of nitriles is 1. The minimum atomic E-state index is -0.186. The zero-order valence-corrected chi connectivity index (χ0v) is 18.9. The predicted octanol–water partition coefficient (Wildman–Crippen LogP) is 4.90. The number of piperidine rings is 1. The van der Waals surface area contributed by atoms with Gasteiger partial charge in [-0.25, -0.2) is 4.79 Å². The first-order valence-electron chi connectivity index (χ1n) is 11.4. The Morgan fingerprint density at radius 3 is 2.56 bits per heavy atom. The molecule has 4 rings (SSSR count). The van der Waals surface area contributed by atoms with Gasteiger partial charge in [0, 0.05) is 47.6 Å². The van der Waals surface area contributed by atoms with Gasteiger partial charge in [-0.05, 0) is 68.1 Å². The molecule has 2 amide bonds. The van der Waals surface area contributed by atoms with Crippen molar-refractivity contribution < 1.29 is 4.79 Å². The largest absolute Gasteiger partial charge is 0.370 e. The van der Waals surface area contributed by atoms with Crippen molar-refractivity contribution >= 4 is 29.0 Å². The van der Waals surface area contributed by atoms with Crippen molar-refractivity contribution in [3.05, 3.63) is 59.1 Å². The van der Waals surface area contributed by atoms with Crippen LogP contribution < -0.4 is 20.9 Å². The number of rotatable bonds is 5. The van der Waals surface area contributed by atoms with Gasteiger partial charge in [-0.2, -0.15) is 5.26 Å². The summed E-state index contributed by atoms with van der Waals surface area (Å²) in [4.78, 5) is 15.0. The average molecular weight is 452 g/mol. The Kier molecular flexibility index (Phi) is 7.51. The molecule has 2 aromatic rings. The summed E-state index contributed by atoms with van der Waals surface area (Å²) in [6.07, 6.45) is 6.60. The number of carbonyl (C=O) groups excluding carboxylic acids is 1. The summed E-state index contributed by atoms with van der Waals surface area (Å²) in [6.45, 7) is 1.96. The summed E-state index contributed by atoms with van der Waals surface area (Å²) in [5.74, 6) is 0. The van der Waals surface area contributed by atoms with Crippen LogP contribution in [0.25, 0.3) is 0 Å². The molecule has 1 aliphatic heterocycles. The highest BCUT2D eigenvalue weighted by Crippen LogP contribution is 2.24. The van der Waals surface area contributed by atoms with Gasteiger partial charge in [0.05, 0.1) is 11.6 Å². The van der Waals surface area contributed by atoms with E-state index in [9.17, 15) is 4.79 Å². The topological polar surface area (TPSA) is 80.2 Å². The first kappa shape index (κ1) is 22.4. The van der Waals surface area contributed by atoms with Crippen molar-refractivity contribution in [3.8, 4) is 6.07 Å². The zero-order valence-electron chi connectivity index (χ0n) is 18.2. The maximum absolute atomic E-state index is 12.6. The van der Waals surface area contributed by atoms with E-state index in [0.717, 1.165) is 50.9 Å². The highest BCUT2D eigenvalue weighted by atomic mass is 35.5. The first-order valence-corrected chi connectivity index (χ1v) is 11.8. The van der Waals surface area contributed by atoms with Crippen LogP contribution in [0.15, 0.2) is 48.5 Å². The number of halogens is 1. The highest BCUT2D eigenvalue weighted by Gasteiger charge is 2.30. The second-order valence-corrected chi connectivity index (χ2v) is 9.15. The summed E-state index contributed by atoms with van der Waals surface area (Å²) >= 11 is 6.02. The van der Waals surface area contributed by atoms with E-state index in [4.69, 9.17) is 16.9 Å². The monoisotopic (exact) mass is 451 g/mol. The van der Waals surface area contributed by atoms with Gasteiger partial charge < -0.3 is 20.9 Å². The second-order valence-electron chi connectivity index (χ2n) is 8.72. The van der Waals surface area contributed by atoms with Gasteiger partial charge in [-0.3, -0.25) is 0 Å². The summed E-state index contributed by atoms with van der Waals surface area (Å²) < 4.78 is 0. The summed E-state index contributed by atoms with van der Waals surface area (Å²) in [5.41, 5.74) is 2.54. The van der Waals surface area contributed by atoms with Gasteiger partial charge >= 0.3 is 6.03 Å². The van der Waals surface area contributed by atoms with Crippen molar-refractivity contribution in [2.75, 3.05) is 23.3 Å². The van der Waals surface area contributed by atoms with E-state index in [-0.39, 0.29) is 18.1 Å². The fourth-order valence-corrected chi connectivity index (χ4v) is 4.99. The Hall–Kier alpha value is -2.75. The molecule has 1 saturated heterocycles. The van der Waals surface area contributed by atoms with Crippen LogP contribution in [0.5, 0.6) is 0 Å². The van der Waals surface area contributed by atoms with Crippen molar-refractivity contribution in [1.82, 2.24) is 10.6 Å². The number of carbonyl (C=O) groups is 1. The Morgan fingerprint density at radius 2 is 1.81 bits per heavy atom. The normalized spacial score (nSPS) is 23.2. The first-order chi connectivity index (χ1) is 15.6. The molecule has 3 N–H and O–H groups in total. The van der Waals surface area contributed by atoms with Crippen LogP contribution in [0.1, 0.15) is 44.1 Å². The van der Waals surface area contributed by atoms with Crippen molar-refractivity contribution in [2.24, 2.45) is 0 Å². The quantitative estimate of drug-likeness (QED) is 0.603. The van der Waals surface area contributed by atoms with E-state index in [1.807, 2.05) is 36.4 Å². The number of nitrogens with one attached hydrogen (secondary N) is 3. The van der Waals surface area contributed by atoms with Crippen LogP contribution in [0.3, 0.4) is 0 Å². The smallest absolute Gasteiger partial charge is 0.319 e. The van der Waals surface area contributed by atoms with Crippen LogP contribution in [0, 0.1) is 11.3 Å². The van der Waals surface area contributed by atoms with Gasteiger partial charge in [0.2, 0.25) is 0 Å². The number of hydrogen-bond donors (Lipinski definition) is 3. The van der Waals surface area contributed by atoms with Crippen LogP contribution >= 0.6 is 11.6 Å². The molecule has 168 valence electrons. The van der Waals surface area contributed by atoms with Gasteiger partial charge in [-0.1, -0.05) is 30.5 Å². The molecule has 0 spiro atoms. The van der Waals surface area contributed by atoms with Gasteiger partial charge in [-0.15, -0.1) is 0 Å². The van der Waals surface area contributed by atoms with E-state index >= 15 is 0 Å². The summed E-state index contributed by atoms with van der Waals surface area (Å²) in [5, 5.41) is 19.6. The Bertz CT molecular complexity index is 958. The summed E-state index contributed by atoms with van der Waals surface area (Å²) in [6, 6.07) is 17.8. The SMILES string of the molecule is N#Cc1ccc(N2CCC[C@H](N[C@@H]3CCCC[C@H]3NC(=O)Nc3cccc(Cl)c3)C2)cc1. The van der Waals surface area contributed by atoms with Crippen molar-refractivity contribution in [2.45, 2.75) is 56.7 Å². The molecule has 0 bridgehead atoms. The molecule has 0 aromatic heterocycles. The number of benzene rings is 2. The highest BCUT2D eigenvalue weighted by molar-refractivity contribution is 6.30. The molecular weight excluding hydrogens is 422 g/mol. The molecule has 7 heteroatoms. The molecule has 0 unspecified atom stereocenters. The molecule has 2 fully saturated rings. The number of urea groups is 1.